The monoisotopic (exact) mass is 271 g/mol. The van der Waals surface area contributed by atoms with Gasteiger partial charge in [-0.1, -0.05) is 13.8 Å². The van der Waals surface area contributed by atoms with Crippen molar-refractivity contribution in [2.45, 2.75) is 45.7 Å². The highest BCUT2D eigenvalue weighted by atomic mass is 19.2. The Morgan fingerprint density at radius 2 is 1.68 bits per heavy atom. The topological polar surface area (TPSA) is 12.0 Å². The third kappa shape index (κ3) is 3.50. The lowest BCUT2D eigenvalue weighted by molar-refractivity contribution is 0.225. The fraction of sp³-hybridized carbons (Fsp3) is 0.600. The molecule has 1 N–H and O–H groups in total. The van der Waals surface area contributed by atoms with E-state index >= 15 is 0 Å². The highest BCUT2D eigenvalue weighted by Crippen LogP contribution is 2.29. The van der Waals surface area contributed by atoms with Gasteiger partial charge in [-0.3, -0.25) is 0 Å². The van der Waals surface area contributed by atoms with Gasteiger partial charge in [-0.05, 0) is 37.2 Å². The fourth-order valence-corrected chi connectivity index (χ4v) is 2.69. The molecule has 0 spiro atoms. The van der Waals surface area contributed by atoms with Gasteiger partial charge >= 0.3 is 0 Å². The largest absolute Gasteiger partial charge is 0.310 e. The van der Waals surface area contributed by atoms with E-state index in [0.29, 0.717) is 18.0 Å². The van der Waals surface area contributed by atoms with Gasteiger partial charge in [-0.15, -0.1) is 0 Å². The predicted octanol–water partition coefficient (Wildman–Crippen LogP) is 4.02. The number of rotatable bonds is 3. The van der Waals surface area contributed by atoms with Crippen LogP contribution >= 0.6 is 0 Å². The lowest BCUT2D eigenvalue weighted by Gasteiger charge is -2.32. The van der Waals surface area contributed by atoms with E-state index in [9.17, 15) is 13.2 Å². The third-order valence-corrected chi connectivity index (χ3v) is 4.27. The van der Waals surface area contributed by atoms with Crippen molar-refractivity contribution < 1.29 is 13.2 Å². The minimum atomic E-state index is -1.14. The summed E-state index contributed by atoms with van der Waals surface area (Å²) in [5, 5.41) is 3.25. The quantitative estimate of drug-likeness (QED) is 0.819. The summed E-state index contributed by atoms with van der Waals surface area (Å²) in [6.45, 7) is 4.71. The van der Waals surface area contributed by atoms with E-state index in [2.05, 4.69) is 19.2 Å². The molecule has 1 saturated carbocycles. The van der Waals surface area contributed by atoms with Crippen molar-refractivity contribution in [3.05, 3.63) is 35.1 Å². The van der Waals surface area contributed by atoms with Crippen molar-refractivity contribution >= 4 is 0 Å². The Balaban J connectivity index is 1.94. The molecule has 0 saturated heterocycles. The summed E-state index contributed by atoms with van der Waals surface area (Å²) < 4.78 is 39.4. The predicted molar refractivity (Wildman–Crippen MR) is 69.1 cm³/mol. The SMILES string of the molecule is CC1CCC(NCc2cc(F)c(F)cc2F)CC1C. The first kappa shape index (κ1) is 14.4. The molecule has 1 aromatic rings. The molecule has 0 bridgehead atoms. The third-order valence-electron chi connectivity index (χ3n) is 4.27. The zero-order valence-electron chi connectivity index (χ0n) is 11.3. The van der Waals surface area contributed by atoms with E-state index in [0.717, 1.165) is 31.2 Å². The Labute approximate surface area is 112 Å². The van der Waals surface area contributed by atoms with Crippen molar-refractivity contribution in [2.24, 2.45) is 11.8 Å². The van der Waals surface area contributed by atoms with Crippen LogP contribution in [0.4, 0.5) is 13.2 Å². The van der Waals surface area contributed by atoms with Gasteiger partial charge in [0.05, 0.1) is 0 Å². The van der Waals surface area contributed by atoms with Crippen molar-refractivity contribution in [1.82, 2.24) is 5.32 Å². The van der Waals surface area contributed by atoms with Gasteiger partial charge in [0.1, 0.15) is 5.82 Å². The Morgan fingerprint density at radius 3 is 2.37 bits per heavy atom. The molecule has 0 aromatic heterocycles. The average molecular weight is 271 g/mol. The molecule has 0 amide bonds. The minimum absolute atomic E-state index is 0.185. The van der Waals surface area contributed by atoms with Crippen LogP contribution in [0.5, 0.6) is 0 Å². The molecule has 4 heteroatoms. The first-order chi connectivity index (χ1) is 8.97. The van der Waals surface area contributed by atoms with Gasteiger partial charge in [0.25, 0.3) is 0 Å². The van der Waals surface area contributed by atoms with E-state index in [4.69, 9.17) is 0 Å². The smallest absolute Gasteiger partial charge is 0.161 e. The summed E-state index contributed by atoms with van der Waals surface area (Å²) in [5.74, 6) is -1.46. The molecule has 3 atom stereocenters. The molecule has 1 aromatic carbocycles. The molecule has 106 valence electrons. The first-order valence-electron chi connectivity index (χ1n) is 6.84. The second-order valence-electron chi connectivity index (χ2n) is 5.70. The molecule has 1 aliphatic rings. The molecule has 0 radical (unpaired) electrons. The first-order valence-corrected chi connectivity index (χ1v) is 6.84. The van der Waals surface area contributed by atoms with Crippen LogP contribution in [0.3, 0.4) is 0 Å². The molecule has 19 heavy (non-hydrogen) atoms. The van der Waals surface area contributed by atoms with Crippen molar-refractivity contribution in [3.8, 4) is 0 Å². The molecule has 2 rings (SSSR count). The Kier molecular flexibility index (Phi) is 4.50. The number of nitrogens with one attached hydrogen (secondary N) is 1. The molecule has 0 heterocycles. The zero-order chi connectivity index (χ0) is 14.0. The Hall–Kier alpha value is -1.03. The maximum Gasteiger partial charge on any atom is 0.161 e. The maximum absolute atomic E-state index is 13.5. The number of halogens is 3. The molecule has 1 nitrogen and oxygen atoms in total. The molecule has 3 unspecified atom stereocenters. The molecular weight excluding hydrogens is 251 g/mol. The highest BCUT2D eigenvalue weighted by Gasteiger charge is 2.24. The number of benzene rings is 1. The van der Waals surface area contributed by atoms with Crippen LogP contribution in [-0.2, 0) is 6.54 Å². The van der Waals surface area contributed by atoms with Crippen LogP contribution in [0, 0.1) is 29.3 Å². The van der Waals surface area contributed by atoms with E-state index < -0.39 is 17.5 Å². The zero-order valence-corrected chi connectivity index (χ0v) is 11.3. The second kappa shape index (κ2) is 5.95. The summed E-state index contributed by atoms with van der Waals surface area (Å²) in [6, 6.07) is 1.88. The van der Waals surface area contributed by atoms with Crippen LogP contribution in [0.15, 0.2) is 12.1 Å². The summed E-state index contributed by atoms with van der Waals surface area (Å²) in [6.07, 6.45) is 3.25. The lowest BCUT2D eigenvalue weighted by Crippen LogP contribution is -2.36. The van der Waals surface area contributed by atoms with Crippen molar-refractivity contribution in [2.75, 3.05) is 0 Å². The van der Waals surface area contributed by atoms with E-state index in [1.54, 1.807) is 0 Å². The standard InChI is InChI=1S/C15H20F3N/c1-9-3-4-12(5-10(9)2)19-8-11-6-14(17)15(18)7-13(11)16/h6-7,9-10,12,19H,3-5,8H2,1-2H3. The summed E-state index contributed by atoms with van der Waals surface area (Å²) in [7, 11) is 0. The normalized spacial score (nSPS) is 27.5. The van der Waals surface area contributed by atoms with Gasteiger partial charge in [-0.2, -0.15) is 0 Å². The van der Waals surface area contributed by atoms with E-state index in [-0.39, 0.29) is 12.1 Å². The van der Waals surface area contributed by atoms with Crippen LogP contribution in [0.1, 0.15) is 38.7 Å². The van der Waals surface area contributed by atoms with Gasteiger partial charge in [0.15, 0.2) is 11.6 Å². The van der Waals surface area contributed by atoms with Gasteiger partial charge in [0.2, 0.25) is 0 Å². The molecule has 0 aliphatic heterocycles. The Bertz CT molecular complexity index is 447. The van der Waals surface area contributed by atoms with E-state index in [1.807, 2.05) is 0 Å². The highest BCUT2D eigenvalue weighted by molar-refractivity contribution is 5.20. The molecule has 1 aliphatic carbocycles. The fourth-order valence-electron chi connectivity index (χ4n) is 2.69. The van der Waals surface area contributed by atoms with Gasteiger partial charge in [-0.25, -0.2) is 13.2 Å². The van der Waals surface area contributed by atoms with E-state index in [1.165, 1.54) is 0 Å². The van der Waals surface area contributed by atoms with Crippen LogP contribution < -0.4 is 5.32 Å². The molecule has 1 fully saturated rings. The summed E-state index contributed by atoms with van der Waals surface area (Å²) in [5.41, 5.74) is 0.185. The van der Waals surface area contributed by atoms with Crippen LogP contribution in [-0.4, -0.2) is 6.04 Å². The second-order valence-corrected chi connectivity index (χ2v) is 5.70. The Morgan fingerprint density at radius 1 is 1.00 bits per heavy atom. The number of hydrogen-bond donors (Lipinski definition) is 1. The summed E-state index contributed by atoms with van der Waals surface area (Å²) >= 11 is 0. The van der Waals surface area contributed by atoms with Gasteiger partial charge < -0.3 is 5.32 Å². The van der Waals surface area contributed by atoms with Crippen molar-refractivity contribution in [3.63, 3.8) is 0 Å². The van der Waals surface area contributed by atoms with Crippen LogP contribution in [0.2, 0.25) is 0 Å². The summed E-state index contributed by atoms with van der Waals surface area (Å²) in [4.78, 5) is 0. The minimum Gasteiger partial charge on any atom is -0.310 e. The number of hydrogen-bond acceptors (Lipinski definition) is 1. The molecular formula is C15H20F3N. The lowest BCUT2D eigenvalue weighted by atomic mass is 9.79. The van der Waals surface area contributed by atoms with Crippen LogP contribution in [0.25, 0.3) is 0 Å². The maximum atomic E-state index is 13.5. The average Bonchev–Trinajstić information content (AvgIpc) is 2.36. The van der Waals surface area contributed by atoms with Crippen molar-refractivity contribution in [1.29, 1.82) is 0 Å². The van der Waals surface area contributed by atoms with Gasteiger partial charge in [0, 0.05) is 24.2 Å².